The zero-order chi connectivity index (χ0) is 28.5. The van der Waals surface area contributed by atoms with E-state index in [4.69, 9.17) is 14.2 Å². The van der Waals surface area contributed by atoms with E-state index in [0.29, 0.717) is 65.4 Å². The number of ether oxygens (including phenoxy) is 3. The average Bonchev–Trinajstić information content (AvgIpc) is 3.28. The number of fused-ring (bicyclic) bond motifs is 5. The molecule has 0 radical (unpaired) electrons. The molecule has 1 saturated heterocycles. The minimum atomic E-state index is -0.535. The molecule has 1 aromatic heterocycles. The van der Waals surface area contributed by atoms with Crippen molar-refractivity contribution in [3.05, 3.63) is 97.8 Å². The van der Waals surface area contributed by atoms with Gasteiger partial charge >= 0.3 is 0 Å². The number of hydrogen-bond donors (Lipinski definition) is 0. The molecule has 1 aliphatic heterocycles. The Balaban J connectivity index is 1.45. The first-order valence-corrected chi connectivity index (χ1v) is 13.5. The predicted octanol–water partition coefficient (Wildman–Crippen LogP) is 4.43. The number of ketones is 1. The van der Waals surface area contributed by atoms with Crippen LogP contribution in [-0.4, -0.2) is 60.1 Å². The molecule has 10 nitrogen and oxygen atoms in total. The van der Waals surface area contributed by atoms with E-state index in [0.717, 1.165) is 25.2 Å². The summed E-state index contributed by atoms with van der Waals surface area (Å²) in [5.41, 5.74) is 2.24. The number of carbonyl (C=O) groups is 1. The molecule has 3 aromatic carbocycles. The van der Waals surface area contributed by atoms with Crippen molar-refractivity contribution < 1.29 is 23.9 Å². The van der Waals surface area contributed by atoms with Gasteiger partial charge < -0.3 is 18.8 Å². The Morgan fingerprint density at radius 2 is 1.68 bits per heavy atom. The summed E-state index contributed by atoms with van der Waals surface area (Å²) in [6.45, 7) is 4.38. The van der Waals surface area contributed by atoms with Crippen molar-refractivity contribution >= 4 is 22.2 Å². The number of benzene rings is 3. The molecule has 4 aromatic rings. The van der Waals surface area contributed by atoms with Crippen LogP contribution in [0.4, 0.5) is 5.69 Å². The Hall–Kier alpha value is -4.54. The monoisotopic (exact) mass is 555 g/mol. The number of rotatable bonds is 9. The second kappa shape index (κ2) is 11.1. The molecule has 0 amide bonds. The van der Waals surface area contributed by atoms with E-state index >= 15 is 0 Å². The number of nitro groups is 1. The fourth-order valence-corrected chi connectivity index (χ4v) is 5.64. The molecule has 1 aliphatic carbocycles. The minimum absolute atomic E-state index is 0.151. The van der Waals surface area contributed by atoms with E-state index in [2.05, 4.69) is 4.90 Å². The van der Waals surface area contributed by atoms with Gasteiger partial charge in [-0.2, -0.15) is 0 Å². The van der Waals surface area contributed by atoms with Gasteiger partial charge in [0.25, 0.3) is 11.2 Å². The van der Waals surface area contributed by atoms with Crippen LogP contribution in [0, 0.1) is 10.1 Å². The number of pyridine rings is 1. The lowest BCUT2D eigenvalue weighted by Gasteiger charge is -2.26. The Morgan fingerprint density at radius 3 is 2.41 bits per heavy atom. The molecule has 2 heterocycles. The normalized spacial score (nSPS) is 14.6. The Kier molecular flexibility index (Phi) is 7.25. The molecule has 0 saturated carbocycles. The minimum Gasteiger partial charge on any atom is -0.493 e. The van der Waals surface area contributed by atoms with Crippen molar-refractivity contribution in [1.82, 2.24) is 9.47 Å². The number of methoxy groups -OCH3 is 1. The average molecular weight is 556 g/mol. The molecular formula is C31H29N3O7. The Bertz CT molecular complexity index is 1710. The van der Waals surface area contributed by atoms with Gasteiger partial charge in [0, 0.05) is 54.8 Å². The number of morpholine rings is 1. The lowest BCUT2D eigenvalue weighted by Crippen LogP contribution is -2.37. The van der Waals surface area contributed by atoms with E-state index < -0.39 is 4.92 Å². The van der Waals surface area contributed by atoms with Crippen LogP contribution in [0.3, 0.4) is 0 Å². The van der Waals surface area contributed by atoms with Crippen LogP contribution in [0.2, 0.25) is 0 Å². The second-order valence-corrected chi connectivity index (χ2v) is 10.1. The largest absolute Gasteiger partial charge is 0.493 e. The summed E-state index contributed by atoms with van der Waals surface area (Å²) in [6.07, 6.45) is 0.658. The molecule has 0 bridgehead atoms. The van der Waals surface area contributed by atoms with Gasteiger partial charge in [-0.15, -0.1) is 0 Å². The number of hydrogen-bond acceptors (Lipinski definition) is 8. The highest BCUT2D eigenvalue weighted by Crippen LogP contribution is 2.45. The lowest BCUT2D eigenvalue weighted by atomic mass is 10.0. The Labute approximate surface area is 235 Å². The highest BCUT2D eigenvalue weighted by molar-refractivity contribution is 6.27. The van der Waals surface area contributed by atoms with Crippen molar-refractivity contribution in [3.8, 4) is 22.8 Å². The van der Waals surface area contributed by atoms with E-state index in [9.17, 15) is 19.7 Å². The van der Waals surface area contributed by atoms with Crippen molar-refractivity contribution in [2.45, 2.75) is 19.6 Å². The summed E-state index contributed by atoms with van der Waals surface area (Å²) >= 11 is 0. The molecular weight excluding hydrogens is 526 g/mol. The van der Waals surface area contributed by atoms with Gasteiger partial charge in [-0.05, 0) is 30.2 Å². The fourth-order valence-electron chi connectivity index (χ4n) is 5.64. The van der Waals surface area contributed by atoms with Gasteiger partial charge in [0.15, 0.2) is 17.3 Å². The van der Waals surface area contributed by atoms with Crippen LogP contribution < -0.4 is 15.0 Å². The van der Waals surface area contributed by atoms with Crippen LogP contribution in [0.25, 0.3) is 22.0 Å². The zero-order valence-corrected chi connectivity index (χ0v) is 22.6. The molecule has 210 valence electrons. The number of carbonyl (C=O) groups excluding carboxylic acids is 1. The van der Waals surface area contributed by atoms with Gasteiger partial charge in [-0.3, -0.25) is 24.6 Å². The van der Waals surface area contributed by atoms with Gasteiger partial charge in [0.1, 0.15) is 6.61 Å². The van der Waals surface area contributed by atoms with Crippen LogP contribution in [0.5, 0.6) is 11.5 Å². The number of nitrogens with zero attached hydrogens (tertiary/aromatic N) is 3. The molecule has 0 atom stereocenters. The summed E-state index contributed by atoms with van der Waals surface area (Å²) < 4.78 is 18.7. The lowest BCUT2D eigenvalue weighted by molar-refractivity contribution is -0.384. The van der Waals surface area contributed by atoms with Gasteiger partial charge in [0.2, 0.25) is 0 Å². The van der Waals surface area contributed by atoms with Crippen molar-refractivity contribution in [3.63, 3.8) is 0 Å². The van der Waals surface area contributed by atoms with E-state index in [1.54, 1.807) is 16.7 Å². The molecule has 2 aliphatic rings. The molecule has 1 fully saturated rings. The number of aromatic nitrogens is 1. The van der Waals surface area contributed by atoms with E-state index in [-0.39, 0.29) is 29.0 Å². The summed E-state index contributed by atoms with van der Waals surface area (Å²) in [5, 5.41) is 12.1. The highest BCUT2D eigenvalue weighted by Gasteiger charge is 2.35. The van der Waals surface area contributed by atoms with Crippen LogP contribution in [-0.2, 0) is 17.9 Å². The standard InChI is InChI=1S/C31H29N3O7/c1-39-26-17-23-24(18-27(26)41-19-20-6-3-2-4-7-20)30(35)28-22-9-8-21(34(37)38)16-25(22)31(36)33(29(23)28)11-5-10-32-12-14-40-15-13-32/h2-4,6-9,16-18H,5,10-15,19H2,1H3. The summed E-state index contributed by atoms with van der Waals surface area (Å²) in [4.78, 5) is 41.1. The first kappa shape index (κ1) is 26.7. The summed E-state index contributed by atoms with van der Waals surface area (Å²) in [6, 6.07) is 17.2. The maximum absolute atomic E-state index is 14.0. The van der Waals surface area contributed by atoms with Gasteiger partial charge in [-0.25, -0.2) is 0 Å². The maximum Gasteiger partial charge on any atom is 0.270 e. The number of non-ortho nitro benzene ring substituents is 1. The van der Waals surface area contributed by atoms with Crippen LogP contribution in [0.1, 0.15) is 27.9 Å². The number of nitro benzene ring substituents is 1. The molecule has 41 heavy (non-hydrogen) atoms. The third-order valence-corrected chi connectivity index (χ3v) is 7.69. The molecule has 6 rings (SSSR count). The first-order valence-electron chi connectivity index (χ1n) is 13.5. The summed E-state index contributed by atoms with van der Waals surface area (Å²) in [5.74, 6) is 0.594. The SMILES string of the molecule is COc1cc2c(cc1OCc1ccccc1)C(=O)c1c-2n(CCCN2CCOCC2)c(=O)c2cc([N+](=O)[O-])ccc12. The second-order valence-electron chi connectivity index (χ2n) is 10.1. The summed E-state index contributed by atoms with van der Waals surface area (Å²) in [7, 11) is 1.53. The molecule has 10 heteroatoms. The van der Waals surface area contributed by atoms with E-state index in [1.807, 2.05) is 30.3 Å². The van der Waals surface area contributed by atoms with E-state index in [1.165, 1.54) is 25.3 Å². The molecule has 0 unspecified atom stereocenters. The van der Waals surface area contributed by atoms with Crippen molar-refractivity contribution in [1.29, 1.82) is 0 Å². The third-order valence-electron chi connectivity index (χ3n) is 7.69. The van der Waals surface area contributed by atoms with Gasteiger partial charge in [0.05, 0.1) is 41.9 Å². The molecule has 0 N–H and O–H groups in total. The quantitative estimate of drug-likeness (QED) is 0.194. The van der Waals surface area contributed by atoms with Crippen molar-refractivity contribution in [2.75, 3.05) is 40.0 Å². The van der Waals surface area contributed by atoms with Crippen LogP contribution in [0.15, 0.2) is 65.5 Å². The topological polar surface area (TPSA) is 113 Å². The fraction of sp³-hybridized carbons (Fsp3) is 0.290. The predicted molar refractivity (Wildman–Crippen MR) is 153 cm³/mol. The van der Waals surface area contributed by atoms with Crippen LogP contribution >= 0.6 is 0 Å². The zero-order valence-electron chi connectivity index (χ0n) is 22.6. The van der Waals surface area contributed by atoms with Gasteiger partial charge in [-0.1, -0.05) is 30.3 Å². The highest BCUT2D eigenvalue weighted by atomic mass is 16.6. The first-order chi connectivity index (χ1) is 20.0. The van der Waals surface area contributed by atoms with Crippen molar-refractivity contribution in [2.24, 2.45) is 0 Å². The smallest absolute Gasteiger partial charge is 0.270 e. The molecule has 0 spiro atoms. The Morgan fingerprint density at radius 1 is 0.927 bits per heavy atom. The maximum atomic E-state index is 14.0. The third kappa shape index (κ3) is 4.96.